The Labute approximate surface area is 224 Å². The normalized spacial score (nSPS) is 13.5. The van der Waals surface area contributed by atoms with E-state index >= 15 is 0 Å². The van der Waals surface area contributed by atoms with E-state index < -0.39 is 6.04 Å². The van der Waals surface area contributed by atoms with Gasteiger partial charge >= 0.3 is 0 Å². The van der Waals surface area contributed by atoms with Gasteiger partial charge in [-0.15, -0.1) is 0 Å². The zero-order valence-corrected chi connectivity index (χ0v) is 23.7. The standard InChI is InChI=1S/C32H46N2O3/c1-7-10-26(13-12-23(3)8-2)22-27-14-16-28(17-15-27)29-18-19-30(24(4)21-29)34(25(5)36)31(11-9-20-35)32(37)33-6/h14-21,23,26,31H,7-13,22H2,1-6H3,(H,33,37). The largest absolute Gasteiger partial charge is 0.357 e. The highest BCUT2D eigenvalue weighted by molar-refractivity contribution is 6.00. The summed E-state index contributed by atoms with van der Waals surface area (Å²) in [6.45, 7) is 10.3. The van der Waals surface area contributed by atoms with Crippen LogP contribution in [0.1, 0.15) is 83.8 Å². The molecule has 3 atom stereocenters. The van der Waals surface area contributed by atoms with Gasteiger partial charge in [-0.25, -0.2) is 0 Å². The summed E-state index contributed by atoms with van der Waals surface area (Å²) in [7, 11) is 1.55. The lowest BCUT2D eigenvalue weighted by atomic mass is 9.87. The fourth-order valence-corrected chi connectivity index (χ4v) is 5.08. The third-order valence-electron chi connectivity index (χ3n) is 7.49. The average molecular weight is 507 g/mol. The van der Waals surface area contributed by atoms with Gasteiger partial charge in [-0.3, -0.25) is 14.5 Å². The minimum Gasteiger partial charge on any atom is -0.357 e. The summed E-state index contributed by atoms with van der Waals surface area (Å²) in [6, 6.07) is 14.1. The molecular weight excluding hydrogens is 460 g/mol. The number of likely N-dealkylation sites (N-methyl/N-ethyl adjacent to an activating group) is 1. The molecule has 202 valence electrons. The molecule has 2 aromatic carbocycles. The molecule has 0 bridgehead atoms. The Bertz CT molecular complexity index is 1020. The van der Waals surface area contributed by atoms with Gasteiger partial charge in [0, 0.05) is 26.1 Å². The monoisotopic (exact) mass is 506 g/mol. The van der Waals surface area contributed by atoms with Gasteiger partial charge in [0.1, 0.15) is 12.3 Å². The molecule has 0 aromatic heterocycles. The smallest absolute Gasteiger partial charge is 0.242 e. The molecule has 0 aliphatic rings. The lowest BCUT2D eigenvalue weighted by Crippen LogP contribution is -2.48. The molecule has 0 spiro atoms. The number of nitrogens with zero attached hydrogens (tertiary/aromatic N) is 1. The molecule has 2 amide bonds. The van der Waals surface area contributed by atoms with Gasteiger partial charge < -0.3 is 10.1 Å². The maximum atomic E-state index is 12.6. The second-order valence-electron chi connectivity index (χ2n) is 10.4. The number of benzene rings is 2. The summed E-state index contributed by atoms with van der Waals surface area (Å²) in [5, 5.41) is 2.63. The van der Waals surface area contributed by atoms with Crippen LogP contribution in [0.15, 0.2) is 42.5 Å². The summed E-state index contributed by atoms with van der Waals surface area (Å²) >= 11 is 0. The molecule has 2 rings (SSSR count). The van der Waals surface area contributed by atoms with Crippen LogP contribution in [0, 0.1) is 18.8 Å². The average Bonchev–Trinajstić information content (AvgIpc) is 2.89. The molecular formula is C32H46N2O3. The molecule has 2 aromatic rings. The van der Waals surface area contributed by atoms with Crippen LogP contribution < -0.4 is 10.2 Å². The number of hydrogen-bond acceptors (Lipinski definition) is 3. The Balaban J connectivity index is 2.24. The zero-order chi connectivity index (χ0) is 27.4. The second-order valence-corrected chi connectivity index (χ2v) is 10.4. The van der Waals surface area contributed by atoms with Crippen molar-refractivity contribution in [1.82, 2.24) is 5.32 Å². The predicted octanol–water partition coefficient (Wildman–Crippen LogP) is 6.89. The minimum absolute atomic E-state index is 0.210. The number of carbonyl (C=O) groups is 3. The zero-order valence-electron chi connectivity index (χ0n) is 23.7. The van der Waals surface area contributed by atoms with Crippen molar-refractivity contribution in [2.75, 3.05) is 11.9 Å². The van der Waals surface area contributed by atoms with Crippen LogP contribution in [-0.4, -0.2) is 31.2 Å². The lowest BCUT2D eigenvalue weighted by molar-refractivity contribution is -0.125. The molecule has 37 heavy (non-hydrogen) atoms. The van der Waals surface area contributed by atoms with Crippen LogP contribution in [0.25, 0.3) is 11.1 Å². The number of rotatable bonds is 15. The first-order chi connectivity index (χ1) is 17.7. The number of amides is 2. The van der Waals surface area contributed by atoms with E-state index in [9.17, 15) is 14.4 Å². The van der Waals surface area contributed by atoms with Crippen molar-refractivity contribution in [3.63, 3.8) is 0 Å². The van der Waals surface area contributed by atoms with Gasteiger partial charge in [0.15, 0.2) is 0 Å². The molecule has 0 radical (unpaired) electrons. The lowest BCUT2D eigenvalue weighted by Gasteiger charge is -2.31. The van der Waals surface area contributed by atoms with Gasteiger partial charge in [0.25, 0.3) is 0 Å². The molecule has 1 N–H and O–H groups in total. The maximum absolute atomic E-state index is 12.6. The molecule has 0 saturated carbocycles. The van der Waals surface area contributed by atoms with E-state index in [2.05, 4.69) is 56.4 Å². The van der Waals surface area contributed by atoms with Crippen molar-refractivity contribution in [3.05, 3.63) is 53.6 Å². The molecule has 3 unspecified atom stereocenters. The summed E-state index contributed by atoms with van der Waals surface area (Å²) in [5.74, 6) is 1.02. The van der Waals surface area contributed by atoms with Crippen LogP contribution in [0.5, 0.6) is 0 Å². The van der Waals surface area contributed by atoms with E-state index in [0.717, 1.165) is 41.2 Å². The van der Waals surface area contributed by atoms with Crippen LogP contribution in [-0.2, 0) is 20.8 Å². The summed E-state index contributed by atoms with van der Waals surface area (Å²) in [5.41, 5.74) is 5.18. The van der Waals surface area contributed by atoms with Crippen molar-refractivity contribution in [1.29, 1.82) is 0 Å². The number of carbonyl (C=O) groups excluding carboxylic acids is 3. The summed E-state index contributed by atoms with van der Waals surface area (Å²) < 4.78 is 0. The van der Waals surface area contributed by atoms with Crippen LogP contribution in [0.3, 0.4) is 0 Å². The fourth-order valence-electron chi connectivity index (χ4n) is 5.08. The Hall–Kier alpha value is -2.95. The number of nitrogens with one attached hydrogen (secondary N) is 1. The first kappa shape index (κ1) is 30.3. The topological polar surface area (TPSA) is 66.5 Å². The van der Waals surface area contributed by atoms with Gasteiger partial charge in [-0.05, 0) is 72.4 Å². The van der Waals surface area contributed by atoms with Crippen molar-refractivity contribution >= 4 is 23.8 Å². The van der Waals surface area contributed by atoms with Gasteiger partial charge in [0.2, 0.25) is 11.8 Å². The molecule has 0 heterocycles. The first-order valence-corrected chi connectivity index (χ1v) is 13.9. The second kappa shape index (κ2) is 15.3. The highest BCUT2D eigenvalue weighted by Crippen LogP contribution is 2.30. The van der Waals surface area contributed by atoms with E-state index in [1.54, 1.807) is 7.05 Å². The SMILES string of the molecule is CCCC(CCC(C)CC)Cc1ccc(-c2ccc(N(C(C)=O)C(CCC=O)C(=O)NC)c(C)c2)cc1. The molecule has 0 aliphatic heterocycles. The Morgan fingerprint density at radius 1 is 0.973 bits per heavy atom. The van der Waals surface area contributed by atoms with Gasteiger partial charge in [0.05, 0.1) is 0 Å². The number of aldehydes is 1. The highest BCUT2D eigenvalue weighted by atomic mass is 16.2. The van der Waals surface area contributed by atoms with E-state index in [0.29, 0.717) is 5.69 Å². The van der Waals surface area contributed by atoms with Crippen molar-refractivity contribution in [3.8, 4) is 11.1 Å². The molecule has 0 aliphatic carbocycles. The molecule has 5 heteroatoms. The van der Waals surface area contributed by atoms with Gasteiger partial charge in [-0.1, -0.05) is 76.8 Å². The fraction of sp³-hybridized carbons (Fsp3) is 0.531. The van der Waals surface area contributed by atoms with Crippen LogP contribution in [0.2, 0.25) is 0 Å². The Morgan fingerprint density at radius 2 is 1.65 bits per heavy atom. The molecule has 0 fully saturated rings. The third-order valence-corrected chi connectivity index (χ3v) is 7.49. The highest BCUT2D eigenvalue weighted by Gasteiger charge is 2.29. The third kappa shape index (κ3) is 8.84. The van der Waals surface area contributed by atoms with Gasteiger partial charge in [-0.2, -0.15) is 0 Å². The van der Waals surface area contributed by atoms with Crippen molar-refractivity contribution < 1.29 is 14.4 Å². The Morgan fingerprint density at radius 3 is 2.19 bits per heavy atom. The summed E-state index contributed by atoms with van der Waals surface area (Å²) in [4.78, 5) is 37.6. The van der Waals surface area contributed by atoms with E-state index in [1.807, 2.05) is 19.1 Å². The number of anilines is 1. The first-order valence-electron chi connectivity index (χ1n) is 13.9. The Kier molecular flexibility index (Phi) is 12.5. The van der Waals surface area contributed by atoms with E-state index in [-0.39, 0.29) is 24.7 Å². The quantitative estimate of drug-likeness (QED) is 0.267. The van der Waals surface area contributed by atoms with E-state index in [1.165, 1.54) is 49.5 Å². The molecule has 0 saturated heterocycles. The van der Waals surface area contributed by atoms with Crippen LogP contribution in [0.4, 0.5) is 5.69 Å². The number of hydrogen-bond donors (Lipinski definition) is 1. The van der Waals surface area contributed by atoms with Crippen LogP contribution >= 0.6 is 0 Å². The van der Waals surface area contributed by atoms with Crippen molar-refractivity contribution in [2.24, 2.45) is 11.8 Å². The predicted molar refractivity (Wildman–Crippen MR) is 154 cm³/mol. The minimum atomic E-state index is -0.729. The number of aryl methyl sites for hydroxylation is 1. The van der Waals surface area contributed by atoms with Crippen molar-refractivity contribution in [2.45, 2.75) is 92.0 Å². The maximum Gasteiger partial charge on any atom is 0.242 e. The molecule has 5 nitrogen and oxygen atoms in total. The summed E-state index contributed by atoms with van der Waals surface area (Å²) in [6.07, 6.45) is 8.74. The van der Waals surface area contributed by atoms with E-state index in [4.69, 9.17) is 0 Å².